The fourth-order valence-corrected chi connectivity index (χ4v) is 1.43. The Labute approximate surface area is 82.5 Å². The lowest BCUT2D eigenvalue weighted by atomic mass is 10.1. The summed E-state index contributed by atoms with van der Waals surface area (Å²) < 4.78 is 26.1. The van der Waals surface area contributed by atoms with Crippen molar-refractivity contribution in [1.29, 1.82) is 0 Å². The summed E-state index contributed by atoms with van der Waals surface area (Å²) in [6.45, 7) is 1.46. The lowest BCUT2D eigenvalue weighted by Crippen LogP contribution is -2.09. The van der Waals surface area contributed by atoms with Crippen LogP contribution in [0.25, 0.3) is 0 Å². The number of phenolic OH excluding ortho intramolecular Hbond substituents is 1. The third-order valence-electron chi connectivity index (χ3n) is 1.64. The van der Waals surface area contributed by atoms with E-state index in [4.69, 9.17) is 10.8 Å². The van der Waals surface area contributed by atoms with E-state index in [1.165, 1.54) is 6.92 Å². The largest absolute Gasteiger partial charge is 0.505 e. The average Bonchev–Trinajstić information content (AvgIpc) is 2.01. The Morgan fingerprint density at radius 1 is 1.54 bits per heavy atom. The molecule has 0 aliphatic heterocycles. The maximum atomic E-state index is 13.2. The molecule has 0 saturated heterocycles. The predicted octanol–water partition coefficient (Wildman–Crippen LogP) is 2.45. The molecule has 0 fully saturated rings. The summed E-state index contributed by atoms with van der Waals surface area (Å²) in [4.78, 5) is 0. The zero-order chi connectivity index (χ0) is 10.2. The van der Waals surface area contributed by atoms with Gasteiger partial charge in [-0.15, -0.1) is 0 Å². The molecule has 0 bridgehead atoms. The number of halogens is 3. The molecule has 1 rings (SSSR count). The molecule has 2 nitrogen and oxygen atoms in total. The van der Waals surface area contributed by atoms with Crippen LogP contribution in [-0.2, 0) is 0 Å². The predicted molar refractivity (Wildman–Crippen MR) is 48.3 cm³/mol. The van der Waals surface area contributed by atoms with Crippen molar-refractivity contribution >= 4 is 15.9 Å². The van der Waals surface area contributed by atoms with Gasteiger partial charge in [0.15, 0.2) is 11.6 Å². The van der Waals surface area contributed by atoms with E-state index in [1.807, 2.05) is 0 Å². The zero-order valence-corrected chi connectivity index (χ0v) is 8.40. The van der Waals surface area contributed by atoms with Crippen LogP contribution in [0.4, 0.5) is 8.78 Å². The molecule has 3 N–H and O–H groups in total. The Bertz CT molecular complexity index is 315. The Morgan fingerprint density at radius 3 is 2.54 bits per heavy atom. The Morgan fingerprint density at radius 2 is 2.08 bits per heavy atom. The minimum absolute atomic E-state index is 0.0462. The van der Waals surface area contributed by atoms with E-state index in [0.717, 1.165) is 6.07 Å². The SMILES string of the molecule is CC(N)c1c(O)c(F)cc(Br)c1F. The number of nitrogens with two attached hydrogens (primary N) is 1. The molecule has 0 aromatic heterocycles. The highest BCUT2D eigenvalue weighted by molar-refractivity contribution is 9.10. The van der Waals surface area contributed by atoms with Crippen molar-refractivity contribution in [3.8, 4) is 5.75 Å². The summed E-state index contributed by atoms with van der Waals surface area (Å²) in [7, 11) is 0. The summed E-state index contributed by atoms with van der Waals surface area (Å²) in [5.41, 5.74) is 5.15. The fraction of sp³-hybridized carbons (Fsp3) is 0.250. The van der Waals surface area contributed by atoms with Crippen LogP contribution in [0.2, 0.25) is 0 Å². The van der Waals surface area contributed by atoms with Gasteiger partial charge in [-0.3, -0.25) is 0 Å². The lowest BCUT2D eigenvalue weighted by molar-refractivity contribution is 0.411. The van der Waals surface area contributed by atoms with Gasteiger partial charge in [-0.2, -0.15) is 0 Å². The first-order valence-corrected chi connectivity index (χ1v) is 4.36. The molecule has 1 unspecified atom stereocenters. The monoisotopic (exact) mass is 251 g/mol. The second kappa shape index (κ2) is 3.59. The van der Waals surface area contributed by atoms with Crippen LogP contribution in [0, 0.1) is 11.6 Å². The molecular weight excluding hydrogens is 244 g/mol. The number of rotatable bonds is 1. The molecule has 5 heteroatoms. The van der Waals surface area contributed by atoms with Gasteiger partial charge in [0.1, 0.15) is 5.82 Å². The zero-order valence-electron chi connectivity index (χ0n) is 6.81. The van der Waals surface area contributed by atoms with Crippen LogP contribution in [0.1, 0.15) is 18.5 Å². The van der Waals surface area contributed by atoms with Gasteiger partial charge in [0.2, 0.25) is 0 Å². The first kappa shape index (κ1) is 10.4. The van der Waals surface area contributed by atoms with Crippen LogP contribution in [0.3, 0.4) is 0 Å². The van der Waals surface area contributed by atoms with Gasteiger partial charge in [-0.1, -0.05) is 0 Å². The van der Waals surface area contributed by atoms with E-state index in [-0.39, 0.29) is 10.0 Å². The van der Waals surface area contributed by atoms with Crippen molar-refractivity contribution in [2.24, 2.45) is 5.73 Å². The minimum atomic E-state index is -0.888. The standard InChI is InChI=1S/C8H8BrF2NO/c1-3(12)6-7(11)4(9)2-5(10)8(6)13/h2-3,13H,12H2,1H3. The van der Waals surface area contributed by atoms with Crippen LogP contribution in [-0.4, -0.2) is 5.11 Å². The van der Waals surface area contributed by atoms with Gasteiger partial charge in [-0.05, 0) is 28.9 Å². The Kier molecular flexibility index (Phi) is 2.87. The number of aromatic hydroxyl groups is 1. The minimum Gasteiger partial charge on any atom is -0.505 e. The fourth-order valence-electron chi connectivity index (χ4n) is 1.02. The van der Waals surface area contributed by atoms with E-state index in [0.29, 0.717) is 0 Å². The summed E-state index contributed by atoms with van der Waals surface area (Å²) in [6, 6.07) is 0.100. The number of hydrogen-bond donors (Lipinski definition) is 2. The number of benzene rings is 1. The summed E-state index contributed by atoms with van der Waals surface area (Å²) >= 11 is 2.82. The molecule has 0 heterocycles. The highest BCUT2D eigenvalue weighted by Crippen LogP contribution is 2.33. The lowest BCUT2D eigenvalue weighted by Gasteiger charge is -2.11. The van der Waals surface area contributed by atoms with Crippen LogP contribution < -0.4 is 5.73 Å². The molecule has 0 radical (unpaired) electrons. The van der Waals surface area contributed by atoms with Gasteiger partial charge in [0.25, 0.3) is 0 Å². The van der Waals surface area contributed by atoms with Crippen molar-refractivity contribution in [3.63, 3.8) is 0 Å². The van der Waals surface area contributed by atoms with E-state index in [1.54, 1.807) is 0 Å². The number of phenols is 1. The molecule has 13 heavy (non-hydrogen) atoms. The van der Waals surface area contributed by atoms with Gasteiger partial charge in [0, 0.05) is 6.04 Å². The van der Waals surface area contributed by atoms with E-state index < -0.39 is 23.4 Å². The third-order valence-corrected chi connectivity index (χ3v) is 2.21. The van der Waals surface area contributed by atoms with Crippen molar-refractivity contribution in [3.05, 3.63) is 27.7 Å². The Balaban J connectivity index is 3.46. The summed E-state index contributed by atoms with van der Waals surface area (Å²) in [5.74, 6) is -2.34. The van der Waals surface area contributed by atoms with Crippen LogP contribution in [0.15, 0.2) is 10.5 Å². The van der Waals surface area contributed by atoms with Gasteiger partial charge < -0.3 is 10.8 Å². The van der Waals surface area contributed by atoms with E-state index >= 15 is 0 Å². The second-order valence-electron chi connectivity index (χ2n) is 2.71. The smallest absolute Gasteiger partial charge is 0.166 e. The van der Waals surface area contributed by atoms with Crippen molar-refractivity contribution in [1.82, 2.24) is 0 Å². The van der Waals surface area contributed by atoms with Gasteiger partial charge in [-0.25, -0.2) is 8.78 Å². The summed E-state index contributed by atoms with van der Waals surface area (Å²) in [6.07, 6.45) is 0. The molecule has 0 spiro atoms. The summed E-state index contributed by atoms with van der Waals surface area (Å²) in [5, 5.41) is 9.16. The topological polar surface area (TPSA) is 46.2 Å². The van der Waals surface area contributed by atoms with E-state index in [2.05, 4.69) is 15.9 Å². The average molecular weight is 252 g/mol. The molecule has 0 saturated carbocycles. The third kappa shape index (κ3) is 1.81. The quantitative estimate of drug-likeness (QED) is 0.754. The number of hydrogen-bond acceptors (Lipinski definition) is 2. The molecule has 0 amide bonds. The van der Waals surface area contributed by atoms with Crippen LogP contribution >= 0.6 is 15.9 Å². The molecule has 1 aromatic rings. The highest BCUT2D eigenvalue weighted by Gasteiger charge is 2.19. The van der Waals surface area contributed by atoms with Gasteiger partial charge in [0.05, 0.1) is 10.0 Å². The molecule has 1 atom stereocenters. The normalized spacial score (nSPS) is 13.0. The van der Waals surface area contributed by atoms with E-state index in [9.17, 15) is 8.78 Å². The molecular formula is C8H8BrF2NO. The van der Waals surface area contributed by atoms with Crippen molar-refractivity contribution in [2.75, 3.05) is 0 Å². The maximum absolute atomic E-state index is 13.2. The highest BCUT2D eigenvalue weighted by atomic mass is 79.9. The van der Waals surface area contributed by atoms with Crippen molar-refractivity contribution < 1.29 is 13.9 Å². The molecule has 72 valence electrons. The molecule has 1 aromatic carbocycles. The second-order valence-corrected chi connectivity index (χ2v) is 3.56. The van der Waals surface area contributed by atoms with Crippen molar-refractivity contribution in [2.45, 2.75) is 13.0 Å². The molecule has 0 aliphatic carbocycles. The first-order chi connectivity index (χ1) is 5.95. The van der Waals surface area contributed by atoms with Crippen LogP contribution in [0.5, 0.6) is 5.75 Å². The first-order valence-electron chi connectivity index (χ1n) is 3.57. The maximum Gasteiger partial charge on any atom is 0.166 e. The Hall–Kier alpha value is -0.680. The molecule has 0 aliphatic rings. The van der Waals surface area contributed by atoms with Gasteiger partial charge >= 0.3 is 0 Å².